The highest BCUT2D eigenvalue weighted by Gasteiger charge is 2.33. The van der Waals surface area contributed by atoms with Gasteiger partial charge in [0.1, 0.15) is 0 Å². The number of morpholine rings is 1. The predicted molar refractivity (Wildman–Crippen MR) is 108 cm³/mol. The van der Waals surface area contributed by atoms with Gasteiger partial charge in [-0.05, 0) is 30.7 Å². The lowest BCUT2D eigenvalue weighted by atomic mass is 9.71. The number of nitrogens with one attached hydrogen (secondary N) is 1. The van der Waals surface area contributed by atoms with Gasteiger partial charge in [0.05, 0.1) is 12.7 Å². The minimum Gasteiger partial charge on any atom is -0.374 e. The van der Waals surface area contributed by atoms with E-state index in [1.165, 1.54) is 19.3 Å². The van der Waals surface area contributed by atoms with Gasteiger partial charge in [0, 0.05) is 32.6 Å². The Bertz CT molecular complexity index is 377. The van der Waals surface area contributed by atoms with Crippen LogP contribution in [0.5, 0.6) is 0 Å². The van der Waals surface area contributed by atoms with E-state index in [9.17, 15) is 4.79 Å². The summed E-state index contributed by atoms with van der Waals surface area (Å²) in [5.41, 5.74) is 6.02. The van der Waals surface area contributed by atoms with Gasteiger partial charge in [-0.15, -0.1) is 24.8 Å². The maximum Gasteiger partial charge on any atom is 0.220 e. The molecule has 1 unspecified atom stereocenters. The van der Waals surface area contributed by atoms with Gasteiger partial charge in [0.25, 0.3) is 0 Å². The molecule has 1 aliphatic heterocycles. The first kappa shape index (κ1) is 24.9. The van der Waals surface area contributed by atoms with Crippen molar-refractivity contribution in [3.05, 3.63) is 0 Å². The van der Waals surface area contributed by atoms with E-state index < -0.39 is 0 Å². The zero-order chi connectivity index (χ0) is 16.7. The Kier molecular flexibility index (Phi) is 12.3. The Morgan fingerprint density at radius 2 is 1.96 bits per heavy atom. The highest BCUT2D eigenvalue weighted by molar-refractivity contribution is 5.85. The summed E-state index contributed by atoms with van der Waals surface area (Å²) >= 11 is 0. The Morgan fingerprint density at radius 1 is 1.28 bits per heavy atom. The molecule has 1 atom stereocenters. The lowest BCUT2D eigenvalue weighted by Gasteiger charge is -2.36. The Labute approximate surface area is 165 Å². The number of hydrogen-bond acceptors (Lipinski definition) is 4. The van der Waals surface area contributed by atoms with Crippen LogP contribution in [-0.4, -0.2) is 56.2 Å². The maximum absolute atomic E-state index is 12.3. The second-order valence-corrected chi connectivity index (χ2v) is 7.89. The molecule has 5 nitrogen and oxygen atoms in total. The van der Waals surface area contributed by atoms with Crippen LogP contribution in [0.4, 0.5) is 0 Å². The molecule has 150 valence electrons. The first-order valence-electron chi connectivity index (χ1n) is 9.34. The molecule has 3 N–H and O–H groups in total. The van der Waals surface area contributed by atoms with Crippen molar-refractivity contribution in [3.63, 3.8) is 0 Å². The molecule has 1 saturated carbocycles. The van der Waals surface area contributed by atoms with Crippen LogP contribution < -0.4 is 11.1 Å². The van der Waals surface area contributed by atoms with Crippen LogP contribution in [-0.2, 0) is 9.53 Å². The minimum atomic E-state index is 0. The van der Waals surface area contributed by atoms with E-state index in [1.54, 1.807) is 0 Å². The van der Waals surface area contributed by atoms with Crippen LogP contribution in [0.1, 0.15) is 52.4 Å². The second-order valence-electron chi connectivity index (χ2n) is 7.89. The normalized spacial score (nSPS) is 23.4. The molecule has 0 aromatic rings. The topological polar surface area (TPSA) is 67.6 Å². The number of nitrogens with two attached hydrogens (primary N) is 1. The molecule has 0 bridgehead atoms. The Balaban J connectivity index is 0.00000288. The van der Waals surface area contributed by atoms with Crippen molar-refractivity contribution in [3.8, 4) is 0 Å². The number of nitrogens with zero attached hydrogens (tertiary/aromatic N) is 1. The number of hydrogen-bond donors (Lipinski definition) is 2. The van der Waals surface area contributed by atoms with Crippen LogP contribution in [0.3, 0.4) is 0 Å². The van der Waals surface area contributed by atoms with Gasteiger partial charge in [-0.25, -0.2) is 0 Å². The maximum atomic E-state index is 12.3. The van der Waals surface area contributed by atoms with Crippen molar-refractivity contribution >= 4 is 30.7 Å². The summed E-state index contributed by atoms with van der Waals surface area (Å²) in [4.78, 5) is 14.8. The first-order valence-corrected chi connectivity index (χ1v) is 9.34. The van der Waals surface area contributed by atoms with Crippen molar-refractivity contribution in [2.45, 2.75) is 58.5 Å². The summed E-state index contributed by atoms with van der Waals surface area (Å²) in [5.74, 6) is 0.806. The fourth-order valence-electron chi connectivity index (χ4n) is 3.97. The van der Waals surface area contributed by atoms with Crippen molar-refractivity contribution in [2.24, 2.45) is 17.1 Å². The number of ether oxygens (including phenoxy) is 1. The molecule has 1 saturated heterocycles. The van der Waals surface area contributed by atoms with Gasteiger partial charge in [-0.1, -0.05) is 33.1 Å². The van der Waals surface area contributed by atoms with Crippen LogP contribution in [0, 0.1) is 11.3 Å². The minimum absolute atomic E-state index is 0. The smallest absolute Gasteiger partial charge is 0.220 e. The molecule has 1 amide bonds. The molecule has 2 aliphatic rings. The Morgan fingerprint density at radius 3 is 2.56 bits per heavy atom. The van der Waals surface area contributed by atoms with E-state index in [0.717, 1.165) is 39.1 Å². The van der Waals surface area contributed by atoms with Crippen LogP contribution in [0.15, 0.2) is 0 Å². The highest BCUT2D eigenvalue weighted by atomic mass is 35.5. The Hall–Kier alpha value is -0.0700. The van der Waals surface area contributed by atoms with Gasteiger partial charge in [-0.2, -0.15) is 0 Å². The molecule has 0 spiro atoms. The van der Waals surface area contributed by atoms with Gasteiger partial charge >= 0.3 is 0 Å². The lowest BCUT2D eigenvalue weighted by molar-refractivity contribution is -0.125. The summed E-state index contributed by atoms with van der Waals surface area (Å²) in [7, 11) is 0. The van der Waals surface area contributed by atoms with E-state index in [0.29, 0.717) is 25.4 Å². The van der Waals surface area contributed by atoms with Gasteiger partial charge in [-0.3, -0.25) is 9.69 Å². The number of carbonyl (C=O) groups is 1. The van der Waals surface area contributed by atoms with Crippen molar-refractivity contribution in [1.29, 1.82) is 0 Å². The van der Waals surface area contributed by atoms with Crippen molar-refractivity contribution < 1.29 is 9.53 Å². The zero-order valence-electron chi connectivity index (χ0n) is 15.8. The molecule has 0 aromatic carbocycles. The fraction of sp³-hybridized carbons (Fsp3) is 0.944. The van der Waals surface area contributed by atoms with Crippen LogP contribution in [0.2, 0.25) is 0 Å². The van der Waals surface area contributed by atoms with E-state index >= 15 is 0 Å². The predicted octanol–water partition coefficient (Wildman–Crippen LogP) is 2.60. The van der Waals surface area contributed by atoms with Gasteiger partial charge < -0.3 is 15.8 Å². The largest absolute Gasteiger partial charge is 0.374 e. The third-order valence-corrected chi connectivity index (χ3v) is 5.26. The lowest BCUT2D eigenvalue weighted by Crippen LogP contribution is -2.49. The van der Waals surface area contributed by atoms with E-state index in [-0.39, 0.29) is 42.2 Å². The third kappa shape index (κ3) is 8.44. The summed E-state index contributed by atoms with van der Waals surface area (Å²) < 4.78 is 5.80. The second kappa shape index (κ2) is 12.3. The molecule has 2 fully saturated rings. The fourth-order valence-corrected chi connectivity index (χ4v) is 3.97. The highest BCUT2D eigenvalue weighted by Crippen LogP contribution is 2.38. The van der Waals surface area contributed by atoms with Crippen LogP contribution in [0.25, 0.3) is 0 Å². The van der Waals surface area contributed by atoms with Crippen LogP contribution >= 0.6 is 24.8 Å². The number of amides is 1. The summed E-state index contributed by atoms with van der Waals surface area (Å²) in [6.45, 7) is 9.51. The molecule has 25 heavy (non-hydrogen) atoms. The molecule has 1 aliphatic carbocycles. The quantitative estimate of drug-likeness (QED) is 0.692. The van der Waals surface area contributed by atoms with E-state index in [4.69, 9.17) is 10.5 Å². The standard InChI is InChI=1S/C18H35N3O2.2ClH/c1-15(2)12-21-8-9-23-16(13-21)11-20-17(22)10-18(14-19)6-4-3-5-7-18;;/h15-16H,3-14,19H2,1-2H3,(H,20,22);2*1H. The number of halogens is 2. The molecule has 0 radical (unpaired) electrons. The molecular weight excluding hydrogens is 361 g/mol. The molecule has 1 heterocycles. The first-order chi connectivity index (χ1) is 11.0. The molecular formula is C18H37Cl2N3O2. The molecule has 7 heteroatoms. The number of carbonyl (C=O) groups excluding carboxylic acids is 1. The zero-order valence-corrected chi connectivity index (χ0v) is 17.4. The van der Waals surface area contributed by atoms with Gasteiger partial charge in [0.2, 0.25) is 5.91 Å². The molecule has 0 aromatic heterocycles. The average molecular weight is 398 g/mol. The monoisotopic (exact) mass is 397 g/mol. The third-order valence-electron chi connectivity index (χ3n) is 5.26. The summed E-state index contributed by atoms with van der Waals surface area (Å²) in [6, 6.07) is 0. The van der Waals surface area contributed by atoms with E-state index in [1.807, 2.05) is 0 Å². The summed E-state index contributed by atoms with van der Waals surface area (Å²) in [6.07, 6.45) is 6.59. The van der Waals surface area contributed by atoms with E-state index in [2.05, 4.69) is 24.1 Å². The van der Waals surface area contributed by atoms with Crippen molar-refractivity contribution in [1.82, 2.24) is 10.2 Å². The summed E-state index contributed by atoms with van der Waals surface area (Å²) in [5, 5.41) is 3.09. The molecule has 2 rings (SSSR count). The SMILES string of the molecule is CC(C)CN1CCOC(CNC(=O)CC2(CN)CCCCC2)C1.Cl.Cl. The average Bonchev–Trinajstić information content (AvgIpc) is 2.53. The number of rotatable bonds is 7. The van der Waals surface area contributed by atoms with Gasteiger partial charge in [0.15, 0.2) is 0 Å². The van der Waals surface area contributed by atoms with Crippen molar-refractivity contribution in [2.75, 3.05) is 39.3 Å².